The van der Waals surface area contributed by atoms with E-state index in [1.54, 1.807) is 0 Å². The summed E-state index contributed by atoms with van der Waals surface area (Å²) in [6, 6.07) is 9.14. The van der Waals surface area contributed by atoms with E-state index >= 15 is 0 Å². The molecule has 0 radical (unpaired) electrons. The van der Waals surface area contributed by atoms with Gasteiger partial charge in [-0.2, -0.15) is 0 Å². The minimum Gasteiger partial charge on any atom is -0.455 e. The van der Waals surface area contributed by atoms with E-state index in [4.69, 9.17) is 47.4 Å². The Labute approximate surface area is 261 Å². The Balaban J connectivity index is 1.68. The van der Waals surface area contributed by atoms with E-state index in [9.17, 15) is 19.2 Å². The van der Waals surface area contributed by atoms with Gasteiger partial charge in [0.2, 0.25) is 0 Å². The maximum Gasteiger partial charge on any atom is 0.303 e. The first-order chi connectivity index (χ1) is 20.5. The molecule has 3 saturated heterocycles. The van der Waals surface area contributed by atoms with Gasteiger partial charge in [0.05, 0.1) is 12.7 Å². The Morgan fingerprint density at radius 3 is 1.86 bits per heavy atom. The Morgan fingerprint density at radius 2 is 1.30 bits per heavy atom. The number of carbonyl (C=O) groups excluding carboxylic acids is 4. The number of carbonyl (C=O) groups is 4. The molecule has 0 amide bonds. The molecule has 3 aliphatic rings. The molecule has 1 unspecified atom stereocenters. The van der Waals surface area contributed by atoms with Crippen LogP contribution in [0.25, 0.3) is 0 Å². The van der Waals surface area contributed by atoms with E-state index in [0.29, 0.717) is 4.43 Å². The Morgan fingerprint density at radius 1 is 0.744 bits per heavy atom. The van der Waals surface area contributed by atoms with Gasteiger partial charge in [0.25, 0.3) is 0 Å². The Bertz CT molecular complexity index is 1130. The lowest BCUT2D eigenvalue weighted by atomic mass is 9.95. The van der Waals surface area contributed by atoms with E-state index in [1.807, 2.05) is 30.3 Å². The second kappa shape index (κ2) is 15.0. The molecule has 0 aliphatic carbocycles. The molecule has 43 heavy (non-hydrogen) atoms. The summed E-state index contributed by atoms with van der Waals surface area (Å²) in [7, 11) is 1.36. The second-order valence-electron chi connectivity index (χ2n) is 10.0. The Kier molecular flexibility index (Phi) is 11.7. The summed E-state index contributed by atoms with van der Waals surface area (Å²) < 4.78 is 58.8. The molecule has 3 fully saturated rings. The first-order valence-corrected chi connectivity index (χ1v) is 15.1. The number of methoxy groups -OCH3 is 1. The largest absolute Gasteiger partial charge is 0.455 e. The van der Waals surface area contributed by atoms with Gasteiger partial charge >= 0.3 is 23.9 Å². The average molecular weight is 722 g/mol. The normalized spacial score (nSPS) is 35.6. The summed E-state index contributed by atoms with van der Waals surface area (Å²) in [4.78, 5) is 48.8. The van der Waals surface area contributed by atoms with Crippen LogP contribution >= 0.6 is 22.6 Å². The number of hydrogen-bond acceptors (Lipinski definition) is 14. The molecule has 11 atom stereocenters. The van der Waals surface area contributed by atoms with Crippen molar-refractivity contribution in [2.24, 2.45) is 0 Å². The van der Waals surface area contributed by atoms with E-state index < -0.39 is 91.6 Å². The van der Waals surface area contributed by atoms with Gasteiger partial charge in [-0.1, -0.05) is 52.9 Å². The number of halogens is 1. The highest BCUT2D eigenvalue weighted by molar-refractivity contribution is 14.1. The number of hydrogen-bond donors (Lipinski definition) is 0. The summed E-state index contributed by atoms with van der Waals surface area (Å²) in [5, 5.41) is 0. The van der Waals surface area contributed by atoms with Crippen LogP contribution in [0.5, 0.6) is 0 Å². The van der Waals surface area contributed by atoms with Crippen LogP contribution in [0.4, 0.5) is 0 Å². The van der Waals surface area contributed by atoms with E-state index in [0.717, 1.165) is 5.56 Å². The van der Waals surface area contributed by atoms with Crippen molar-refractivity contribution in [3.05, 3.63) is 35.9 Å². The van der Waals surface area contributed by atoms with Gasteiger partial charge < -0.3 is 47.4 Å². The van der Waals surface area contributed by atoms with Crippen molar-refractivity contribution in [3.63, 3.8) is 0 Å². The number of ether oxygens (including phenoxy) is 10. The topological polar surface area (TPSA) is 161 Å². The van der Waals surface area contributed by atoms with Crippen molar-refractivity contribution in [1.29, 1.82) is 0 Å². The molecule has 0 saturated carbocycles. The molecule has 3 heterocycles. The molecule has 0 spiro atoms. The average Bonchev–Trinajstić information content (AvgIpc) is 2.95. The third-order valence-corrected chi connectivity index (χ3v) is 7.70. The van der Waals surface area contributed by atoms with Crippen molar-refractivity contribution in [2.75, 3.05) is 18.1 Å². The van der Waals surface area contributed by atoms with E-state index in [1.165, 1.54) is 34.8 Å². The molecule has 0 bridgehead atoms. The van der Waals surface area contributed by atoms with Crippen LogP contribution in [0, 0.1) is 0 Å². The number of rotatable bonds is 9. The number of alkyl halides is 1. The Hall–Kier alpha value is -2.41. The summed E-state index contributed by atoms with van der Waals surface area (Å²) in [5.74, 6) is -2.72. The standard InChI is InChI=1S/C28H35IO14/c1-13(30)36-22-20(18(11-29)40-27(34-5)24(22)38-15(3)32)43-28-25(39-16(4)33)23(37-14(2)31)21-19(41-28)12-35-26(42-21)17-9-7-6-8-10-17/h6-10,18-28H,11-12H2,1-5H3/t18-,19-,20-,21-,22+,23+,24-,25-,26-,27?,28-/m1/s1. The zero-order chi connectivity index (χ0) is 31.3. The van der Waals surface area contributed by atoms with Crippen LogP contribution < -0.4 is 0 Å². The summed E-state index contributed by atoms with van der Waals surface area (Å²) in [6.45, 7) is 4.80. The fraction of sp³-hybridized carbons (Fsp3) is 0.643. The van der Waals surface area contributed by atoms with Gasteiger partial charge in [0, 0.05) is 44.8 Å². The van der Waals surface area contributed by atoms with E-state index in [-0.39, 0.29) is 6.61 Å². The van der Waals surface area contributed by atoms with Gasteiger partial charge in [-0.3, -0.25) is 19.2 Å². The molecule has 0 aromatic heterocycles. The minimum absolute atomic E-state index is 0.0146. The molecular weight excluding hydrogens is 687 g/mol. The van der Waals surface area contributed by atoms with E-state index in [2.05, 4.69) is 22.6 Å². The van der Waals surface area contributed by atoms with Crippen LogP contribution in [-0.2, 0) is 66.5 Å². The van der Waals surface area contributed by atoms with Crippen molar-refractivity contribution >= 4 is 46.5 Å². The predicted octanol–water partition coefficient (Wildman–Crippen LogP) is 1.74. The number of esters is 4. The zero-order valence-corrected chi connectivity index (χ0v) is 26.4. The van der Waals surface area contributed by atoms with Gasteiger partial charge in [-0.25, -0.2) is 0 Å². The van der Waals surface area contributed by atoms with Crippen molar-refractivity contribution in [3.8, 4) is 0 Å². The predicted molar refractivity (Wildman–Crippen MR) is 150 cm³/mol. The summed E-state index contributed by atoms with van der Waals surface area (Å²) in [5.41, 5.74) is 0.725. The fourth-order valence-electron chi connectivity index (χ4n) is 5.23. The molecule has 4 rings (SSSR count). The number of benzene rings is 1. The van der Waals surface area contributed by atoms with Gasteiger partial charge in [0.1, 0.15) is 18.3 Å². The molecular formula is C28H35IO14. The lowest BCUT2D eigenvalue weighted by Crippen LogP contribution is -2.67. The fourth-order valence-corrected chi connectivity index (χ4v) is 5.94. The molecule has 14 nitrogen and oxygen atoms in total. The summed E-state index contributed by atoms with van der Waals surface area (Å²) >= 11 is 2.06. The highest BCUT2D eigenvalue weighted by Crippen LogP contribution is 2.39. The lowest BCUT2D eigenvalue weighted by Gasteiger charge is -2.50. The van der Waals surface area contributed by atoms with Crippen LogP contribution in [0.3, 0.4) is 0 Å². The summed E-state index contributed by atoms with van der Waals surface area (Å²) in [6.07, 6.45) is -11.8. The molecule has 1 aromatic rings. The molecule has 0 N–H and O–H groups in total. The third-order valence-electron chi connectivity index (χ3n) is 6.83. The smallest absolute Gasteiger partial charge is 0.303 e. The van der Waals surface area contributed by atoms with Crippen LogP contribution in [0.15, 0.2) is 30.3 Å². The van der Waals surface area contributed by atoms with Gasteiger partial charge in [-0.05, 0) is 0 Å². The van der Waals surface area contributed by atoms with Gasteiger partial charge in [-0.15, -0.1) is 0 Å². The third kappa shape index (κ3) is 8.20. The van der Waals surface area contributed by atoms with Crippen LogP contribution in [-0.4, -0.2) is 103 Å². The molecule has 15 heteroatoms. The second-order valence-corrected chi connectivity index (χ2v) is 10.9. The molecule has 238 valence electrons. The SMILES string of the molecule is COC1O[C@H](CI)[C@@H](O[C@H]2O[C@@H]3CO[C@@H](c4ccccc4)O[C@H]3[C@H](OC(C)=O)[C@H]2OC(C)=O)[C@H](OC(C)=O)[C@H]1OC(C)=O. The maximum absolute atomic E-state index is 12.3. The lowest BCUT2D eigenvalue weighted by molar-refractivity contribution is -0.383. The molecule has 3 aliphatic heterocycles. The minimum atomic E-state index is -1.39. The zero-order valence-electron chi connectivity index (χ0n) is 24.2. The molecule has 1 aromatic carbocycles. The first-order valence-electron chi connectivity index (χ1n) is 13.6. The van der Waals surface area contributed by atoms with Crippen molar-refractivity contribution < 1.29 is 66.5 Å². The highest BCUT2D eigenvalue weighted by atomic mass is 127. The van der Waals surface area contributed by atoms with Crippen molar-refractivity contribution in [2.45, 2.75) is 95.4 Å². The van der Waals surface area contributed by atoms with Crippen molar-refractivity contribution in [1.82, 2.24) is 0 Å². The van der Waals surface area contributed by atoms with Crippen LogP contribution in [0.1, 0.15) is 39.5 Å². The highest BCUT2D eigenvalue weighted by Gasteiger charge is 2.57. The first kappa shape index (κ1) is 33.5. The number of fused-ring (bicyclic) bond motifs is 1. The quantitative estimate of drug-likeness (QED) is 0.157. The van der Waals surface area contributed by atoms with Gasteiger partial charge in [0.15, 0.2) is 43.3 Å². The monoisotopic (exact) mass is 722 g/mol. The maximum atomic E-state index is 12.3. The van der Waals surface area contributed by atoms with Crippen LogP contribution in [0.2, 0.25) is 0 Å².